The van der Waals surface area contributed by atoms with E-state index in [0.29, 0.717) is 18.9 Å². The maximum absolute atomic E-state index is 11.4. The molecule has 0 spiro atoms. The Hall–Kier alpha value is -2.04. The molecule has 1 saturated heterocycles. The van der Waals surface area contributed by atoms with Gasteiger partial charge in [-0.05, 0) is 25.0 Å². The van der Waals surface area contributed by atoms with Crippen molar-refractivity contribution in [2.24, 2.45) is 10.7 Å². The van der Waals surface area contributed by atoms with Crippen LogP contribution in [-0.2, 0) is 4.79 Å². The summed E-state index contributed by atoms with van der Waals surface area (Å²) in [6.45, 7) is 2.30. The fraction of sp³-hybridized carbons (Fsp3) is 0.429. The van der Waals surface area contributed by atoms with E-state index in [2.05, 4.69) is 10.3 Å². The summed E-state index contributed by atoms with van der Waals surface area (Å²) in [5.74, 6) is 0.679. The third-order valence-corrected chi connectivity index (χ3v) is 3.09. The second kappa shape index (κ2) is 6.78. The maximum atomic E-state index is 11.4. The predicted octanol–water partition coefficient (Wildman–Crippen LogP) is 1.43. The van der Waals surface area contributed by atoms with Gasteiger partial charge in [-0.15, -0.1) is 0 Å². The summed E-state index contributed by atoms with van der Waals surface area (Å²) in [7, 11) is 0. The van der Waals surface area contributed by atoms with E-state index in [1.54, 1.807) is 0 Å². The van der Waals surface area contributed by atoms with Gasteiger partial charge in [0.15, 0.2) is 5.96 Å². The molecule has 1 aliphatic rings. The summed E-state index contributed by atoms with van der Waals surface area (Å²) in [5.41, 5.74) is 6.71. The molecule has 19 heavy (non-hydrogen) atoms. The first-order valence-corrected chi connectivity index (χ1v) is 6.65. The second-order valence-corrected chi connectivity index (χ2v) is 4.60. The summed E-state index contributed by atoms with van der Waals surface area (Å²) in [6, 6.07) is 9.70. The number of hydrogen-bond donors (Lipinski definition) is 2. The van der Waals surface area contributed by atoms with Crippen LogP contribution in [-0.4, -0.2) is 36.4 Å². The van der Waals surface area contributed by atoms with Crippen molar-refractivity contribution in [1.29, 1.82) is 0 Å². The van der Waals surface area contributed by atoms with Crippen LogP contribution in [0, 0.1) is 0 Å². The summed E-state index contributed by atoms with van der Waals surface area (Å²) in [6.07, 6.45) is 2.53. The van der Waals surface area contributed by atoms with Crippen molar-refractivity contribution in [3.05, 3.63) is 30.3 Å². The Kier molecular flexibility index (Phi) is 4.78. The molecule has 0 radical (unpaired) electrons. The van der Waals surface area contributed by atoms with Crippen LogP contribution in [0.25, 0.3) is 0 Å². The number of rotatable bonds is 5. The predicted molar refractivity (Wildman–Crippen MR) is 77.0 cm³/mol. The van der Waals surface area contributed by atoms with Crippen molar-refractivity contribution in [2.75, 3.05) is 25.0 Å². The van der Waals surface area contributed by atoms with Crippen LogP contribution in [0.15, 0.2) is 35.3 Å². The number of anilines is 1. The number of para-hydroxylation sites is 1. The second-order valence-electron chi connectivity index (χ2n) is 4.60. The maximum Gasteiger partial charge on any atom is 0.222 e. The third kappa shape index (κ3) is 4.28. The molecule has 1 aromatic carbocycles. The first kappa shape index (κ1) is 13.4. The topological polar surface area (TPSA) is 70.7 Å². The zero-order chi connectivity index (χ0) is 13.5. The molecule has 0 atom stereocenters. The Morgan fingerprint density at radius 3 is 2.84 bits per heavy atom. The monoisotopic (exact) mass is 260 g/mol. The molecule has 0 saturated carbocycles. The third-order valence-electron chi connectivity index (χ3n) is 3.09. The molecule has 1 aliphatic heterocycles. The molecule has 5 heteroatoms. The highest BCUT2D eigenvalue weighted by Crippen LogP contribution is 2.09. The molecule has 2 rings (SSSR count). The first-order valence-electron chi connectivity index (χ1n) is 6.65. The van der Waals surface area contributed by atoms with Crippen LogP contribution in [0.3, 0.4) is 0 Å². The molecule has 1 heterocycles. The van der Waals surface area contributed by atoms with Gasteiger partial charge in [0.25, 0.3) is 0 Å². The molecule has 1 fully saturated rings. The van der Waals surface area contributed by atoms with Crippen LogP contribution >= 0.6 is 0 Å². The minimum absolute atomic E-state index is 0.263. The van der Waals surface area contributed by atoms with Crippen LogP contribution in [0.1, 0.15) is 19.3 Å². The average Bonchev–Trinajstić information content (AvgIpc) is 2.81. The molecule has 102 valence electrons. The first-order chi connectivity index (χ1) is 9.25. The van der Waals surface area contributed by atoms with E-state index in [1.165, 1.54) is 0 Å². The standard InChI is InChI=1S/C14H20N4O/c15-14(17-12-6-2-1-3-7-12)16-9-5-11-18-10-4-8-13(18)19/h1-3,6-7H,4-5,8-11H2,(H3,15,16,17). The summed E-state index contributed by atoms with van der Waals surface area (Å²) in [5, 5.41) is 3.03. The molecule has 0 unspecified atom stereocenters. The molecule has 3 N–H and O–H groups in total. The van der Waals surface area contributed by atoms with Gasteiger partial charge >= 0.3 is 0 Å². The number of guanidine groups is 1. The lowest BCUT2D eigenvalue weighted by molar-refractivity contribution is -0.127. The van der Waals surface area contributed by atoms with Crippen molar-refractivity contribution >= 4 is 17.6 Å². The minimum Gasteiger partial charge on any atom is -0.370 e. The smallest absolute Gasteiger partial charge is 0.222 e. The number of nitrogens with zero attached hydrogens (tertiary/aromatic N) is 2. The normalized spacial score (nSPS) is 15.9. The van der Waals surface area contributed by atoms with E-state index in [0.717, 1.165) is 31.6 Å². The fourth-order valence-corrected chi connectivity index (χ4v) is 2.11. The molecule has 1 aromatic rings. The van der Waals surface area contributed by atoms with Crippen LogP contribution in [0.5, 0.6) is 0 Å². The van der Waals surface area contributed by atoms with E-state index in [-0.39, 0.29) is 5.91 Å². The number of carbonyl (C=O) groups is 1. The minimum atomic E-state index is 0.263. The number of likely N-dealkylation sites (tertiary alicyclic amines) is 1. The van der Waals surface area contributed by atoms with Gasteiger partial charge in [-0.25, -0.2) is 0 Å². The molecular weight excluding hydrogens is 240 g/mol. The van der Waals surface area contributed by atoms with E-state index in [1.807, 2.05) is 35.2 Å². The van der Waals surface area contributed by atoms with Gasteiger partial charge in [0.2, 0.25) is 5.91 Å². The number of amides is 1. The van der Waals surface area contributed by atoms with Gasteiger partial charge in [-0.3, -0.25) is 9.79 Å². The lowest BCUT2D eigenvalue weighted by Crippen LogP contribution is -2.27. The van der Waals surface area contributed by atoms with E-state index < -0.39 is 0 Å². The number of nitrogens with one attached hydrogen (secondary N) is 1. The molecule has 0 aromatic heterocycles. The van der Waals surface area contributed by atoms with Crippen molar-refractivity contribution in [1.82, 2.24) is 4.90 Å². The van der Waals surface area contributed by atoms with Crippen molar-refractivity contribution < 1.29 is 4.79 Å². The lowest BCUT2D eigenvalue weighted by Gasteiger charge is -2.14. The Labute approximate surface area is 113 Å². The number of aliphatic imine (C=N–C) groups is 1. The summed E-state index contributed by atoms with van der Waals surface area (Å²) < 4.78 is 0. The van der Waals surface area contributed by atoms with E-state index in [9.17, 15) is 4.79 Å². The van der Waals surface area contributed by atoms with Gasteiger partial charge in [0.05, 0.1) is 0 Å². The van der Waals surface area contributed by atoms with Gasteiger partial charge in [-0.2, -0.15) is 0 Å². The zero-order valence-electron chi connectivity index (χ0n) is 11.0. The largest absolute Gasteiger partial charge is 0.370 e. The summed E-state index contributed by atoms with van der Waals surface area (Å²) in [4.78, 5) is 17.5. The number of benzene rings is 1. The van der Waals surface area contributed by atoms with Gasteiger partial charge in [0, 0.05) is 31.7 Å². The van der Waals surface area contributed by atoms with Gasteiger partial charge in [-0.1, -0.05) is 18.2 Å². The fourth-order valence-electron chi connectivity index (χ4n) is 2.11. The number of carbonyl (C=O) groups excluding carboxylic acids is 1. The van der Waals surface area contributed by atoms with E-state index in [4.69, 9.17) is 5.73 Å². The highest BCUT2D eigenvalue weighted by molar-refractivity contribution is 5.92. The van der Waals surface area contributed by atoms with Crippen LogP contribution in [0.2, 0.25) is 0 Å². The molecule has 1 amide bonds. The van der Waals surface area contributed by atoms with E-state index >= 15 is 0 Å². The zero-order valence-corrected chi connectivity index (χ0v) is 11.0. The van der Waals surface area contributed by atoms with Crippen molar-refractivity contribution in [3.8, 4) is 0 Å². The average molecular weight is 260 g/mol. The van der Waals surface area contributed by atoms with Gasteiger partial charge in [0.1, 0.15) is 0 Å². The Morgan fingerprint density at radius 2 is 2.16 bits per heavy atom. The quantitative estimate of drug-likeness (QED) is 0.478. The lowest BCUT2D eigenvalue weighted by atomic mass is 10.3. The Balaban J connectivity index is 1.69. The van der Waals surface area contributed by atoms with Crippen molar-refractivity contribution in [3.63, 3.8) is 0 Å². The highest BCUT2D eigenvalue weighted by Gasteiger charge is 2.18. The molecule has 5 nitrogen and oxygen atoms in total. The Bertz CT molecular complexity index is 444. The van der Waals surface area contributed by atoms with Crippen LogP contribution in [0.4, 0.5) is 5.69 Å². The SMILES string of the molecule is NC(=NCCCN1CCCC1=O)Nc1ccccc1. The van der Waals surface area contributed by atoms with Crippen molar-refractivity contribution in [2.45, 2.75) is 19.3 Å². The van der Waals surface area contributed by atoms with Gasteiger partial charge < -0.3 is 16.0 Å². The number of hydrogen-bond acceptors (Lipinski definition) is 2. The Morgan fingerprint density at radius 1 is 1.37 bits per heavy atom. The summed E-state index contributed by atoms with van der Waals surface area (Å²) >= 11 is 0. The highest BCUT2D eigenvalue weighted by atomic mass is 16.2. The number of nitrogens with two attached hydrogens (primary N) is 1. The molecular formula is C14H20N4O. The van der Waals surface area contributed by atoms with Crippen LogP contribution < -0.4 is 11.1 Å². The molecule has 0 aliphatic carbocycles. The molecule has 0 bridgehead atoms.